The predicted octanol–water partition coefficient (Wildman–Crippen LogP) is 5.65. The lowest BCUT2D eigenvalue weighted by Gasteiger charge is -2.23. The normalized spacial score (nSPS) is 16.0. The molecule has 0 radical (unpaired) electrons. The van der Waals surface area contributed by atoms with Crippen LogP contribution in [0.2, 0.25) is 0 Å². The molecule has 1 atom stereocenters. The molecular weight excluding hydrogens is 408 g/mol. The molecule has 3 aromatic rings. The predicted molar refractivity (Wildman–Crippen MR) is 124 cm³/mol. The third-order valence-electron chi connectivity index (χ3n) is 5.36. The van der Waals surface area contributed by atoms with Crippen molar-refractivity contribution in [3.8, 4) is 0 Å². The standard InChI is InChI=1S/C25H26N2O3S/c1-2-3-5-18-7-13-21(14-8-18)26-24(29)19-9-11-20(12-10-19)25-27(23(28)17-31-25)16-22-6-4-15-30-22/h4,6-15,25H,2-3,5,16-17H2,1H3,(H,26,29). The number of carbonyl (C=O) groups is 2. The molecule has 0 spiro atoms. The van der Waals surface area contributed by atoms with Gasteiger partial charge in [-0.1, -0.05) is 37.6 Å². The number of unbranched alkanes of at least 4 members (excludes halogenated alkanes) is 1. The summed E-state index contributed by atoms with van der Waals surface area (Å²) >= 11 is 1.59. The lowest BCUT2D eigenvalue weighted by atomic mass is 10.1. The lowest BCUT2D eigenvalue weighted by molar-refractivity contribution is -0.128. The third kappa shape index (κ3) is 5.20. The van der Waals surface area contributed by atoms with Crippen molar-refractivity contribution < 1.29 is 14.0 Å². The van der Waals surface area contributed by atoms with Crippen LogP contribution < -0.4 is 5.32 Å². The topological polar surface area (TPSA) is 62.6 Å². The Morgan fingerprint density at radius 3 is 2.58 bits per heavy atom. The zero-order valence-electron chi connectivity index (χ0n) is 17.5. The summed E-state index contributed by atoms with van der Waals surface area (Å²) in [6.45, 7) is 2.62. The number of hydrogen-bond acceptors (Lipinski definition) is 4. The first-order valence-corrected chi connectivity index (χ1v) is 11.6. The maximum atomic E-state index is 12.6. The smallest absolute Gasteiger partial charge is 0.255 e. The molecule has 1 saturated heterocycles. The van der Waals surface area contributed by atoms with Gasteiger partial charge in [0.2, 0.25) is 5.91 Å². The van der Waals surface area contributed by atoms with Crippen LogP contribution in [0.5, 0.6) is 0 Å². The van der Waals surface area contributed by atoms with Crippen molar-refractivity contribution in [2.24, 2.45) is 0 Å². The van der Waals surface area contributed by atoms with Gasteiger partial charge in [0.15, 0.2) is 0 Å². The number of carbonyl (C=O) groups excluding carboxylic acids is 2. The number of nitrogens with zero attached hydrogens (tertiary/aromatic N) is 1. The van der Waals surface area contributed by atoms with Gasteiger partial charge >= 0.3 is 0 Å². The highest BCUT2D eigenvalue weighted by Crippen LogP contribution is 2.39. The van der Waals surface area contributed by atoms with E-state index >= 15 is 0 Å². The summed E-state index contributed by atoms with van der Waals surface area (Å²) in [5.74, 6) is 1.16. The van der Waals surface area contributed by atoms with E-state index in [1.54, 1.807) is 18.0 Å². The minimum atomic E-state index is -0.143. The van der Waals surface area contributed by atoms with E-state index in [1.807, 2.05) is 53.4 Å². The van der Waals surface area contributed by atoms with Gasteiger partial charge in [-0.15, -0.1) is 11.8 Å². The zero-order chi connectivity index (χ0) is 21.6. The lowest BCUT2D eigenvalue weighted by Crippen LogP contribution is -2.27. The van der Waals surface area contributed by atoms with Crippen LogP contribution in [0, 0.1) is 0 Å². The maximum Gasteiger partial charge on any atom is 0.255 e. The van der Waals surface area contributed by atoms with Crippen LogP contribution in [0.3, 0.4) is 0 Å². The van der Waals surface area contributed by atoms with Crippen molar-refractivity contribution in [1.29, 1.82) is 0 Å². The monoisotopic (exact) mass is 434 g/mol. The highest BCUT2D eigenvalue weighted by molar-refractivity contribution is 8.00. The summed E-state index contributed by atoms with van der Waals surface area (Å²) in [7, 11) is 0. The average molecular weight is 435 g/mol. The quantitative estimate of drug-likeness (QED) is 0.498. The highest BCUT2D eigenvalue weighted by atomic mass is 32.2. The summed E-state index contributed by atoms with van der Waals surface area (Å²) in [6.07, 6.45) is 5.01. The number of aryl methyl sites for hydroxylation is 1. The molecule has 0 aliphatic carbocycles. The molecule has 1 unspecified atom stereocenters. The molecule has 2 amide bonds. The van der Waals surface area contributed by atoms with E-state index in [-0.39, 0.29) is 17.2 Å². The number of nitrogens with one attached hydrogen (secondary N) is 1. The zero-order valence-corrected chi connectivity index (χ0v) is 18.4. The van der Waals surface area contributed by atoms with Gasteiger partial charge < -0.3 is 14.6 Å². The molecule has 0 bridgehead atoms. The fourth-order valence-corrected chi connectivity index (χ4v) is 4.80. The number of thioether (sulfide) groups is 1. The molecule has 1 aliphatic heterocycles. The number of furan rings is 1. The van der Waals surface area contributed by atoms with Crippen molar-refractivity contribution in [2.45, 2.75) is 38.1 Å². The van der Waals surface area contributed by atoms with E-state index in [9.17, 15) is 9.59 Å². The molecule has 5 nitrogen and oxygen atoms in total. The second kappa shape index (κ2) is 9.88. The Balaban J connectivity index is 1.40. The van der Waals surface area contributed by atoms with E-state index in [2.05, 4.69) is 24.4 Å². The second-order valence-corrected chi connectivity index (χ2v) is 8.71. The van der Waals surface area contributed by atoms with Crippen molar-refractivity contribution in [3.05, 3.63) is 89.4 Å². The molecule has 1 fully saturated rings. The van der Waals surface area contributed by atoms with Gasteiger partial charge in [-0.25, -0.2) is 0 Å². The van der Waals surface area contributed by atoms with Gasteiger partial charge in [-0.05, 0) is 60.4 Å². The maximum absolute atomic E-state index is 12.6. The SMILES string of the molecule is CCCCc1ccc(NC(=O)c2ccc(C3SCC(=O)N3Cc3ccco3)cc2)cc1. The Morgan fingerprint density at radius 1 is 1.13 bits per heavy atom. The Bertz CT molecular complexity index is 1010. The molecule has 160 valence electrons. The number of amides is 2. The van der Waals surface area contributed by atoms with Gasteiger partial charge in [-0.3, -0.25) is 9.59 Å². The third-order valence-corrected chi connectivity index (χ3v) is 6.62. The molecule has 1 N–H and O–H groups in total. The van der Waals surface area contributed by atoms with E-state index in [0.717, 1.165) is 23.4 Å². The summed E-state index contributed by atoms with van der Waals surface area (Å²) < 4.78 is 5.41. The molecule has 1 aromatic heterocycles. The molecule has 4 rings (SSSR count). The largest absolute Gasteiger partial charge is 0.467 e. The van der Waals surface area contributed by atoms with Crippen LogP contribution in [0.1, 0.15) is 52.4 Å². The van der Waals surface area contributed by atoms with Gasteiger partial charge in [0.1, 0.15) is 11.1 Å². The van der Waals surface area contributed by atoms with Crippen LogP contribution >= 0.6 is 11.8 Å². The van der Waals surface area contributed by atoms with E-state index in [1.165, 1.54) is 18.4 Å². The number of rotatable bonds is 8. The Hall–Kier alpha value is -2.99. The van der Waals surface area contributed by atoms with Crippen LogP contribution in [0.25, 0.3) is 0 Å². The number of benzene rings is 2. The second-order valence-electron chi connectivity index (χ2n) is 7.64. The summed E-state index contributed by atoms with van der Waals surface area (Å²) in [4.78, 5) is 26.8. The first-order valence-electron chi connectivity index (χ1n) is 10.6. The van der Waals surface area contributed by atoms with Gasteiger partial charge in [0, 0.05) is 11.3 Å². The highest BCUT2D eigenvalue weighted by Gasteiger charge is 2.33. The fourth-order valence-electron chi connectivity index (χ4n) is 3.61. The molecule has 2 heterocycles. The minimum absolute atomic E-state index is 0.0784. The van der Waals surface area contributed by atoms with E-state index < -0.39 is 0 Å². The van der Waals surface area contributed by atoms with Crippen LogP contribution in [-0.2, 0) is 17.8 Å². The van der Waals surface area contributed by atoms with Crippen LogP contribution in [0.4, 0.5) is 5.69 Å². The molecule has 31 heavy (non-hydrogen) atoms. The number of anilines is 1. The molecule has 1 aliphatic rings. The van der Waals surface area contributed by atoms with E-state index in [0.29, 0.717) is 17.9 Å². The average Bonchev–Trinajstić information content (AvgIpc) is 3.44. The first-order chi connectivity index (χ1) is 15.1. The van der Waals surface area contributed by atoms with Crippen molar-refractivity contribution >= 4 is 29.3 Å². The van der Waals surface area contributed by atoms with Crippen LogP contribution in [0.15, 0.2) is 71.3 Å². The number of hydrogen-bond donors (Lipinski definition) is 1. The molecule has 2 aromatic carbocycles. The van der Waals surface area contributed by atoms with Crippen LogP contribution in [-0.4, -0.2) is 22.5 Å². The van der Waals surface area contributed by atoms with Gasteiger partial charge in [0.25, 0.3) is 5.91 Å². The Labute approximate surface area is 186 Å². The van der Waals surface area contributed by atoms with Gasteiger partial charge in [-0.2, -0.15) is 0 Å². The van der Waals surface area contributed by atoms with Crippen molar-refractivity contribution in [3.63, 3.8) is 0 Å². The summed E-state index contributed by atoms with van der Waals surface area (Å²) in [5.41, 5.74) is 3.66. The Morgan fingerprint density at radius 2 is 1.90 bits per heavy atom. The summed E-state index contributed by atoms with van der Waals surface area (Å²) in [5, 5.41) is 2.88. The molecular formula is C25H26N2O3S. The van der Waals surface area contributed by atoms with Crippen molar-refractivity contribution in [1.82, 2.24) is 4.90 Å². The fraction of sp³-hybridized carbons (Fsp3) is 0.280. The molecule has 0 saturated carbocycles. The summed E-state index contributed by atoms with van der Waals surface area (Å²) in [6, 6.07) is 19.2. The first kappa shape index (κ1) is 21.2. The van der Waals surface area contributed by atoms with Gasteiger partial charge in [0.05, 0.1) is 18.6 Å². The molecule has 6 heteroatoms. The Kier molecular flexibility index (Phi) is 6.77. The van der Waals surface area contributed by atoms with E-state index in [4.69, 9.17) is 4.42 Å². The minimum Gasteiger partial charge on any atom is -0.467 e. The van der Waals surface area contributed by atoms with Crippen molar-refractivity contribution in [2.75, 3.05) is 11.1 Å².